The van der Waals surface area contributed by atoms with Gasteiger partial charge < -0.3 is 36.8 Å². The molecule has 1 fully saturated rings. The number of Topliss-reactive ketones (excluding diaryl/α,β-unsaturated/α-hetero) is 1. The smallest absolute Gasteiger partial charge is 0.312 e. The second kappa shape index (κ2) is 17.7. The molecule has 2 atom stereocenters. The van der Waals surface area contributed by atoms with Gasteiger partial charge in [0.1, 0.15) is 11.8 Å². The molecule has 7 amide bonds. The number of carbonyl (C=O) groups excluding carboxylic acids is 7. The number of nitrogens with two attached hydrogens (primary N) is 2. The van der Waals surface area contributed by atoms with E-state index in [1.807, 2.05) is 0 Å². The molecule has 0 aromatic heterocycles. The van der Waals surface area contributed by atoms with Gasteiger partial charge in [0.05, 0.1) is 25.8 Å². The van der Waals surface area contributed by atoms with Gasteiger partial charge in [-0.2, -0.15) is 11.8 Å². The lowest BCUT2D eigenvalue weighted by Crippen LogP contribution is -2.59. The highest BCUT2D eigenvalue weighted by molar-refractivity contribution is 7.99. The minimum absolute atomic E-state index is 0.00728. The van der Waals surface area contributed by atoms with Crippen LogP contribution in [0.15, 0.2) is 25.3 Å². The summed E-state index contributed by atoms with van der Waals surface area (Å²) in [5.74, 6) is -3.03. The molecule has 1 heterocycles. The van der Waals surface area contributed by atoms with Crippen LogP contribution >= 0.6 is 11.8 Å². The first-order valence-electron chi connectivity index (χ1n) is 13.1. The Morgan fingerprint density at radius 3 is 1.98 bits per heavy atom. The van der Waals surface area contributed by atoms with Gasteiger partial charge in [-0.1, -0.05) is 27.0 Å². The number of primary amides is 2. The Labute approximate surface area is 244 Å². The Bertz CT molecular complexity index is 992. The average Bonchev–Trinajstić information content (AvgIpc) is 2.93. The highest BCUT2D eigenvalue weighted by Gasteiger charge is 2.31. The van der Waals surface area contributed by atoms with Crippen molar-refractivity contribution in [3.8, 4) is 0 Å². The lowest BCUT2D eigenvalue weighted by Gasteiger charge is -2.41. The van der Waals surface area contributed by atoms with Gasteiger partial charge in [0, 0.05) is 31.1 Å². The Kier molecular flexibility index (Phi) is 15.2. The molecule has 0 radical (unpaired) electrons. The first-order chi connectivity index (χ1) is 19.3. The largest absolute Gasteiger partial charge is 0.368 e. The van der Waals surface area contributed by atoms with Crippen LogP contribution in [0.5, 0.6) is 0 Å². The zero-order chi connectivity index (χ0) is 31.1. The van der Waals surface area contributed by atoms with E-state index in [4.69, 9.17) is 11.5 Å². The SMILES string of the molecule is C=CC(=O)N1CN(C(=O)C=C)CN(C(=O)CCSCC(=O)C[C@H](C(=O)N[C@@H](CCCNC(N)=O)C(N)=O)C(C)C)C1. The summed E-state index contributed by atoms with van der Waals surface area (Å²) in [4.78, 5) is 89.0. The molecule has 14 nitrogen and oxygen atoms in total. The molecular formula is C26H41N7O7S. The predicted molar refractivity (Wildman–Crippen MR) is 153 cm³/mol. The van der Waals surface area contributed by atoms with Gasteiger partial charge in [-0.25, -0.2) is 4.79 Å². The predicted octanol–water partition coefficient (Wildman–Crippen LogP) is -0.496. The van der Waals surface area contributed by atoms with Crippen LogP contribution in [0.3, 0.4) is 0 Å². The Balaban J connectivity index is 2.59. The van der Waals surface area contributed by atoms with Crippen LogP contribution in [-0.4, -0.2) is 100 Å². The third-order valence-electron chi connectivity index (χ3n) is 6.29. The molecule has 6 N–H and O–H groups in total. The summed E-state index contributed by atoms with van der Waals surface area (Å²) in [5.41, 5.74) is 10.4. The number of hydrogen-bond acceptors (Lipinski definition) is 8. The van der Waals surface area contributed by atoms with Crippen molar-refractivity contribution in [1.29, 1.82) is 0 Å². The second-order valence-corrected chi connectivity index (χ2v) is 10.9. The third kappa shape index (κ3) is 12.4. The number of amides is 7. The fourth-order valence-corrected chi connectivity index (χ4v) is 4.78. The van der Waals surface area contributed by atoms with Gasteiger partial charge in [-0.3, -0.25) is 28.8 Å². The van der Waals surface area contributed by atoms with Crippen molar-refractivity contribution in [2.75, 3.05) is 38.1 Å². The van der Waals surface area contributed by atoms with E-state index in [-0.39, 0.29) is 69.2 Å². The number of hydrogen-bond donors (Lipinski definition) is 4. The first-order valence-corrected chi connectivity index (χ1v) is 14.3. The van der Waals surface area contributed by atoms with Crippen molar-refractivity contribution in [3.63, 3.8) is 0 Å². The Hall–Kier alpha value is -3.88. The number of rotatable bonds is 17. The van der Waals surface area contributed by atoms with Crippen LogP contribution in [0.1, 0.15) is 39.5 Å². The molecule has 1 saturated heterocycles. The zero-order valence-corrected chi connectivity index (χ0v) is 24.5. The molecule has 41 heavy (non-hydrogen) atoms. The molecule has 0 aliphatic carbocycles. The molecule has 1 rings (SSSR count). The summed E-state index contributed by atoms with van der Waals surface area (Å²) in [5, 5.41) is 5.00. The van der Waals surface area contributed by atoms with E-state index in [0.29, 0.717) is 12.2 Å². The van der Waals surface area contributed by atoms with Crippen LogP contribution in [-0.2, 0) is 28.8 Å². The summed E-state index contributed by atoms with van der Waals surface area (Å²) in [6.07, 6.45) is 2.79. The van der Waals surface area contributed by atoms with Crippen molar-refractivity contribution in [2.24, 2.45) is 23.3 Å². The normalized spacial score (nSPS) is 14.6. The maximum Gasteiger partial charge on any atom is 0.312 e. The van der Waals surface area contributed by atoms with E-state index in [2.05, 4.69) is 23.8 Å². The van der Waals surface area contributed by atoms with Crippen LogP contribution < -0.4 is 22.1 Å². The van der Waals surface area contributed by atoms with Crippen molar-refractivity contribution < 1.29 is 33.6 Å². The molecule has 15 heteroatoms. The van der Waals surface area contributed by atoms with Crippen LogP contribution in [0.25, 0.3) is 0 Å². The maximum atomic E-state index is 12.9. The van der Waals surface area contributed by atoms with Gasteiger partial charge >= 0.3 is 6.03 Å². The maximum absolute atomic E-state index is 12.9. The van der Waals surface area contributed by atoms with E-state index in [1.54, 1.807) is 13.8 Å². The average molecular weight is 596 g/mol. The summed E-state index contributed by atoms with van der Waals surface area (Å²) >= 11 is 1.24. The molecule has 1 aliphatic rings. The van der Waals surface area contributed by atoms with Gasteiger partial charge in [0.15, 0.2) is 0 Å². The number of thioether (sulfide) groups is 1. The van der Waals surface area contributed by atoms with Gasteiger partial charge in [-0.05, 0) is 30.9 Å². The number of urea groups is 1. The molecule has 1 aliphatic heterocycles. The van der Waals surface area contributed by atoms with E-state index in [9.17, 15) is 33.6 Å². The van der Waals surface area contributed by atoms with Crippen LogP contribution in [0.4, 0.5) is 4.79 Å². The molecule has 228 valence electrons. The fourth-order valence-electron chi connectivity index (χ4n) is 3.97. The zero-order valence-electron chi connectivity index (χ0n) is 23.6. The van der Waals surface area contributed by atoms with E-state index in [1.165, 1.54) is 26.5 Å². The fraction of sp³-hybridized carbons (Fsp3) is 0.577. The van der Waals surface area contributed by atoms with E-state index in [0.717, 1.165) is 12.2 Å². The lowest BCUT2D eigenvalue weighted by molar-refractivity contribution is -0.154. The third-order valence-corrected chi connectivity index (χ3v) is 7.31. The number of ketones is 1. The van der Waals surface area contributed by atoms with Gasteiger partial charge in [0.25, 0.3) is 0 Å². The van der Waals surface area contributed by atoms with Crippen molar-refractivity contribution in [3.05, 3.63) is 25.3 Å². The highest BCUT2D eigenvalue weighted by atomic mass is 32.2. The van der Waals surface area contributed by atoms with E-state index >= 15 is 0 Å². The van der Waals surface area contributed by atoms with Crippen molar-refractivity contribution in [1.82, 2.24) is 25.3 Å². The number of nitrogens with one attached hydrogen (secondary N) is 2. The van der Waals surface area contributed by atoms with Crippen LogP contribution in [0, 0.1) is 11.8 Å². The molecule has 0 spiro atoms. The van der Waals surface area contributed by atoms with Crippen molar-refractivity contribution in [2.45, 2.75) is 45.6 Å². The van der Waals surface area contributed by atoms with Crippen LogP contribution in [0.2, 0.25) is 0 Å². The molecule has 0 unspecified atom stereocenters. The quantitative estimate of drug-likeness (QED) is 0.127. The summed E-state index contributed by atoms with van der Waals surface area (Å²) < 4.78 is 0. The first kappa shape index (κ1) is 35.1. The topological polar surface area (TPSA) is 205 Å². The monoisotopic (exact) mass is 595 g/mol. The highest BCUT2D eigenvalue weighted by Crippen LogP contribution is 2.19. The minimum atomic E-state index is -0.959. The molecular weight excluding hydrogens is 554 g/mol. The summed E-state index contributed by atoms with van der Waals surface area (Å²) in [7, 11) is 0. The van der Waals surface area contributed by atoms with Gasteiger partial charge in [0.2, 0.25) is 29.5 Å². The molecule has 0 bridgehead atoms. The van der Waals surface area contributed by atoms with Gasteiger partial charge in [-0.15, -0.1) is 0 Å². The molecule has 0 aromatic carbocycles. The molecule has 0 saturated carbocycles. The Morgan fingerprint density at radius 1 is 0.927 bits per heavy atom. The van der Waals surface area contributed by atoms with Crippen molar-refractivity contribution >= 4 is 53.1 Å². The van der Waals surface area contributed by atoms with E-state index < -0.39 is 41.6 Å². The summed E-state index contributed by atoms with van der Waals surface area (Å²) in [6.45, 7) is 10.7. The second-order valence-electron chi connectivity index (χ2n) is 9.81. The lowest BCUT2D eigenvalue weighted by atomic mass is 9.89. The minimum Gasteiger partial charge on any atom is -0.368 e. The number of nitrogens with zero attached hydrogens (tertiary/aromatic N) is 3. The Morgan fingerprint density at radius 2 is 1.49 bits per heavy atom. The standard InChI is InChI=1S/C26H41N7O7S/c1-5-21(35)31-14-32(22(36)6-2)16-33(15-31)23(37)9-11-41-13-18(34)12-19(17(3)4)25(39)30-20(24(27)38)8-7-10-29-26(28)40/h5-6,17,19-20H,1-2,7-16H2,3-4H3,(H2,27,38)(H,30,39)(H3,28,29,40)/t19-,20-/m0/s1. The summed E-state index contributed by atoms with van der Waals surface area (Å²) in [6, 6.07) is -1.66. The molecule has 0 aromatic rings. The number of carbonyl (C=O) groups is 7.